The average molecular weight is 141 g/mol. The third-order valence-electron chi connectivity index (χ3n) is 1.88. The van der Waals surface area contributed by atoms with Crippen molar-refractivity contribution >= 4 is 0 Å². The standard InChI is InChI=1S/C9H19N/c1-5-8(4)6-9(10)7(2)3/h7,9H,4-6,10H2,1-3H3. The molecule has 10 heavy (non-hydrogen) atoms. The zero-order valence-electron chi connectivity index (χ0n) is 7.35. The Balaban J connectivity index is 3.57. The molecule has 0 fully saturated rings. The minimum atomic E-state index is 0.299. The third kappa shape index (κ3) is 3.67. The predicted octanol–water partition coefficient (Wildman–Crippen LogP) is 2.33. The van der Waals surface area contributed by atoms with Crippen LogP contribution in [0.25, 0.3) is 0 Å². The molecule has 1 nitrogen and oxygen atoms in total. The normalized spacial score (nSPS) is 13.7. The van der Waals surface area contributed by atoms with E-state index in [-0.39, 0.29) is 0 Å². The van der Waals surface area contributed by atoms with Gasteiger partial charge in [-0.2, -0.15) is 0 Å². The summed E-state index contributed by atoms with van der Waals surface area (Å²) in [4.78, 5) is 0. The monoisotopic (exact) mass is 141 g/mol. The largest absolute Gasteiger partial charge is 0.327 e. The minimum absolute atomic E-state index is 0.299. The molecule has 0 radical (unpaired) electrons. The molecule has 0 heterocycles. The lowest BCUT2D eigenvalue weighted by Gasteiger charge is -2.15. The van der Waals surface area contributed by atoms with Crippen molar-refractivity contribution in [2.45, 2.75) is 39.7 Å². The van der Waals surface area contributed by atoms with E-state index in [2.05, 4.69) is 27.4 Å². The lowest BCUT2D eigenvalue weighted by atomic mass is 9.97. The van der Waals surface area contributed by atoms with E-state index in [1.165, 1.54) is 5.57 Å². The van der Waals surface area contributed by atoms with Crippen molar-refractivity contribution in [2.24, 2.45) is 11.7 Å². The molecule has 0 aromatic rings. The molecule has 2 N–H and O–H groups in total. The Hall–Kier alpha value is -0.300. The highest BCUT2D eigenvalue weighted by Gasteiger charge is 2.07. The first kappa shape index (κ1) is 9.70. The van der Waals surface area contributed by atoms with Crippen molar-refractivity contribution in [3.05, 3.63) is 12.2 Å². The second-order valence-electron chi connectivity index (χ2n) is 3.22. The molecule has 1 atom stereocenters. The summed E-state index contributed by atoms with van der Waals surface area (Å²) in [6, 6.07) is 0.299. The van der Waals surface area contributed by atoms with E-state index in [0.717, 1.165) is 12.8 Å². The van der Waals surface area contributed by atoms with Gasteiger partial charge in [-0.1, -0.05) is 32.9 Å². The van der Waals surface area contributed by atoms with Gasteiger partial charge in [-0.25, -0.2) is 0 Å². The molecule has 0 spiro atoms. The quantitative estimate of drug-likeness (QED) is 0.597. The third-order valence-corrected chi connectivity index (χ3v) is 1.88. The van der Waals surface area contributed by atoms with Crippen molar-refractivity contribution in [2.75, 3.05) is 0 Å². The molecule has 0 rings (SSSR count). The van der Waals surface area contributed by atoms with Gasteiger partial charge < -0.3 is 5.73 Å². The summed E-state index contributed by atoms with van der Waals surface area (Å²) in [6.45, 7) is 10.3. The van der Waals surface area contributed by atoms with Gasteiger partial charge in [0.25, 0.3) is 0 Å². The minimum Gasteiger partial charge on any atom is -0.327 e. The summed E-state index contributed by atoms with van der Waals surface area (Å²) < 4.78 is 0. The first-order chi connectivity index (χ1) is 4.57. The second-order valence-corrected chi connectivity index (χ2v) is 3.22. The molecule has 0 aliphatic carbocycles. The van der Waals surface area contributed by atoms with E-state index in [4.69, 9.17) is 5.73 Å². The Kier molecular flexibility index (Phi) is 4.37. The van der Waals surface area contributed by atoms with Crippen molar-refractivity contribution in [1.29, 1.82) is 0 Å². The summed E-state index contributed by atoms with van der Waals surface area (Å²) in [5, 5.41) is 0. The number of hydrogen-bond acceptors (Lipinski definition) is 1. The van der Waals surface area contributed by atoms with Crippen molar-refractivity contribution in [3.8, 4) is 0 Å². The van der Waals surface area contributed by atoms with Gasteiger partial charge in [-0.15, -0.1) is 0 Å². The topological polar surface area (TPSA) is 26.0 Å². The van der Waals surface area contributed by atoms with Crippen LogP contribution in [0.4, 0.5) is 0 Å². The lowest BCUT2D eigenvalue weighted by molar-refractivity contribution is 0.486. The van der Waals surface area contributed by atoms with E-state index >= 15 is 0 Å². The summed E-state index contributed by atoms with van der Waals surface area (Å²) in [7, 11) is 0. The average Bonchev–Trinajstić information content (AvgIpc) is 1.87. The smallest absolute Gasteiger partial charge is 0.00991 e. The van der Waals surface area contributed by atoms with Crippen molar-refractivity contribution in [1.82, 2.24) is 0 Å². The van der Waals surface area contributed by atoms with Gasteiger partial charge in [0.05, 0.1) is 0 Å². The molecule has 0 bridgehead atoms. The first-order valence-electron chi connectivity index (χ1n) is 4.00. The Bertz CT molecular complexity index is 105. The maximum Gasteiger partial charge on any atom is 0.00991 e. The molecular formula is C9H19N. The molecule has 1 unspecified atom stereocenters. The fourth-order valence-corrected chi connectivity index (χ4v) is 0.713. The van der Waals surface area contributed by atoms with Gasteiger partial charge in [0, 0.05) is 6.04 Å². The SMILES string of the molecule is C=C(CC)CC(N)C(C)C. The highest BCUT2D eigenvalue weighted by Crippen LogP contribution is 2.10. The fraction of sp³-hybridized carbons (Fsp3) is 0.778. The van der Waals surface area contributed by atoms with Crippen LogP contribution in [0.3, 0.4) is 0 Å². The first-order valence-corrected chi connectivity index (χ1v) is 4.00. The second kappa shape index (κ2) is 4.51. The van der Waals surface area contributed by atoms with E-state index in [0.29, 0.717) is 12.0 Å². The van der Waals surface area contributed by atoms with Crippen LogP contribution in [-0.4, -0.2) is 6.04 Å². The number of rotatable bonds is 4. The van der Waals surface area contributed by atoms with Crippen LogP contribution >= 0.6 is 0 Å². The van der Waals surface area contributed by atoms with Gasteiger partial charge in [-0.05, 0) is 18.8 Å². The van der Waals surface area contributed by atoms with Crippen LogP contribution in [0.1, 0.15) is 33.6 Å². The molecule has 0 aliphatic rings. The summed E-state index contributed by atoms with van der Waals surface area (Å²) in [6.07, 6.45) is 2.04. The van der Waals surface area contributed by atoms with E-state index in [1.807, 2.05) is 0 Å². The molecule has 0 aliphatic heterocycles. The maximum atomic E-state index is 5.83. The zero-order valence-corrected chi connectivity index (χ0v) is 7.35. The van der Waals surface area contributed by atoms with E-state index in [1.54, 1.807) is 0 Å². The lowest BCUT2D eigenvalue weighted by Crippen LogP contribution is -2.26. The van der Waals surface area contributed by atoms with Gasteiger partial charge >= 0.3 is 0 Å². The molecule has 60 valence electrons. The highest BCUT2D eigenvalue weighted by atomic mass is 14.6. The maximum absolute atomic E-state index is 5.83. The molecular weight excluding hydrogens is 122 g/mol. The van der Waals surface area contributed by atoms with Crippen LogP contribution in [0.5, 0.6) is 0 Å². The Morgan fingerprint density at radius 1 is 1.50 bits per heavy atom. The fourth-order valence-electron chi connectivity index (χ4n) is 0.713. The number of nitrogens with two attached hydrogens (primary N) is 1. The van der Waals surface area contributed by atoms with Crippen molar-refractivity contribution < 1.29 is 0 Å². The van der Waals surface area contributed by atoms with Crippen LogP contribution < -0.4 is 5.73 Å². The summed E-state index contributed by atoms with van der Waals surface area (Å²) in [5.74, 6) is 0.572. The van der Waals surface area contributed by atoms with Crippen LogP contribution in [0.15, 0.2) is 12.2 Å². The highest BCUT2D eigenvalue weighted by molar-refractivity contribution is 4.96. The Morgan fingerprint density at radius 3 is 2.30 bits per heavy atom. The molecule has 0 saturated carbocycles. The predicted molar refractivity (Wildman–Crippen MR) is 46.9 cm³/mol. The van der Waals surface area contributed by atoms with E-state index in [9.17, 15) is 0 Å². The molecule has 1 heteroatoms. The van der Waals surface area contributed by atoms with Crippen molar-refractivity contribution in [3.63, 3.8) is 0 Å². The molecule has 0 aromatic heterocycles. The van der Waals surface area contributed by atoms with Gasteiger partial charge in [0.2, 0.25) is 0 Å². The number of hydrogen-bond donors (Lipinski definition) is 1. The molecule has 0 amide bonds. The van der Waals surface area contributed by atoms with Crippen LogP contribution in [0.2, 0.25) is 0 Å². The molecule has 0 saturated heterocycles. The molecule has 0 aromatic carbocycles. The van der Waals surface area contributed by atoms with Gasteiger partial charge in [-0.3, -0.25) is 0 Å². The summed E-state index contributed by atoms with van der Waals surface area (Å²) in [5.41, 5.74) is 7.10. The Morgan fingerprint density at radius 2 is 2.00 bits per heavy atom. The zero-order chi connectivity index (χ0) is 8.15. The Labute approximate surface area is 64.3 Å². The van der Waals surface area contributed by atoms with Crippen LogP contribution in [0, 0.1) is 5.92 Å². The van der Waals surface area contributed by atoms with Gasteiger partial charge in [0.1, 0.15) is 0 Å². The van der Waals surface area contributed by atoms with Gasteiger partial charge in [0.15, 0.2) is 0 Å². The van der Waals surface area contributed by atoms with E-state index < -0.39 is 0 Å². The van der Waals surface area contributed by atoms with Crippen LogP contribution in [-0.2, 0) is 0 Å². The summed E-state index contributed by atoms with van der Waals surface area (Å²) >= 11 is 0.